The van der Waals surface area contributed by atoms with E-state index < -0.39 is 12.0 Å². The number of nitrogens with one attached hydrogen (secondary N) is 1. The van der Waals surface area contributed by atoms with Gasteiger partial charge < -0.3 is 15.3 Å². The summed E-state index contributed by atoms with van der Waals surface area (Å²) in [6.45, 7) is 3.81. The fourth-order valence-corrected chi connectivity index (χ4v) is 6.08. The highest BCUT2D eigenvalue weighted by Gasteiger charge is 2.36. The summed E-state index contributed by atoms with van der Waals surface area (Å²) in [5.41, 5.74) is 1.25. The van der Waals surface area contributed by atoms with Gasteiger partial charge in [0.15, 0.2) is 0 Å². The van der Waals surface area contributed by atoms with Gasteiger partial charge in [0.05, 0.1) is 5.69 Å². The molecule has 1 aromatic rings. The Morgan fingerprint density at radius 1 is 1.18 bits per heavy atom. The standard InChI is InChI=1S/C24H31N3O5S/c1-15-2-4-17(5-3-15)23(28)26(18-10-12-25-13-11-18)20-14-21(33-22(20)24(29)30)16-6-8-19(9-7-16)27(31)32/h6-8,14-15,17-19,25H,2-5,9-13H2,1H3,(H,29,30). The molecule has 2 fully saturated rings. The monoisotopic (exact) mass is 473 g/mol. The molecule has 0 aromatic carbocycles. The quantitative estimate of drug-likeness (QED) is 0.469. The van der Waals surface area contributed by atoms with Gasteiger partial charge in [-0.3, -0.25) is 14.9 Å². The highest BCUT2D eigenvalue weighted by atomic mass is 32.1. The Morgan fingerprint density at radius 2 is 1.88 bits per heavy atom. The Kier molecular flexibility index (Phi) is 7.29. The molecule has 0 radical (unpaired) electrons. The van der Waals surface area contributed by atoms with Crippen LogP contribution in [0.1, 0.15) is 66.4 Å². The van der Waals surface area contributed by atoms with Crippen molar-refractivity contribution in [1.29, 1.82) is 0 Å². The summed E-state index contributed by atoms with van der Waals surface area (Å²) in [6, 6.07) is 1.02. The molecule has 33 heavy (non-hydrogen) atoms. The third kappa shape index (κ3) is 5.19. The molecule has 1 aliphatic heterocycles. The Morgan fingerprint density at radius 3 is 2.45 bits per heavy atom. The Hall–Kier alpha value is -2.52. The number of nitro groups is 1. The largest absolute Gasteiger partial charge is 0.477 e. The van der Waals surface area contributed by atoms with Crippen LogP contribution in [0.15, 0.2) is 24.3 Å². The Labute approximate surface area is 197 Å². The van der Waals surface area contributed by atoms with Crippen molar-refractivity contribution < 1.29 is 19.6 Å². The molecule has 2 aliphatic carbocycles. The zero-order valence-electron chi connectivity index (χ0n) is 18.9. The van der Waals surface area contributed by atoms with Crippen LogP contribution in [-0.4, -0.2) is 47.1 Å². The molecular weight excluding hydrogens is 442 g/mol. The number of carbonyl (C=O) groups excluding carboxylic acids is 1. The van der Waals surface area contributed by atoms with Crippen LogP contribution in [0, 0.1) is 22.0 Å². The minimum Gasteiger partial charge on any atom is -0.477 e. The van der Waals surface area contributed by atoms with Crippen LogP contribution in [0.25, 0.3) is 5.57 Å². The predicted octanol–water partition coefficient (Wildman–Crippen LogP) is 4.35. The molecule has 8 nitrogen and oxygen atoms in total. The third-order valence-electron chi connectivity index (χ3n) is 7.08. The topological polar surface area (TPSA) is 113 Å². The number of aromatic carboxylic acids is 1. The molecule has 0 bridgehead atoms. The first-order chi connectivity index (χ1) is 15.8. The second-order valence-electron chi connectivity index (χ2n) is 9.38. The average Bonchev–Trinajstić information content (AvgIpc) is 3.26. The van der Waals surface area contributed by atoms with E-state index in [-0.39, 0.29) is 34.1 Å². The highest BCUT2D eigenvalue weighted by Crippen LogP contribution is 2.40. The molecule has 1 unspecified atom stereocenters. The highest BCUT2D eigenvalue weighted by molar-refractivity contribution is 7.15. The Bertz CT molecular complexity index is 971. The van der Waals surface area contributed by atoms with E-state index in [1.165, 1.54) is 0 Å². The van der Waals surface area contributed by atoms with Gasteiger partial charge in [-0.15, -0.1) is 11.3 Å². The third-order valence-corrected chi connectivity index (χ3v) is 8.24. The van der Waals surface area contributed by atoms with Crippen molar-refractivity contribution in [1.82, 2.24) is 5.32 Å². The number of allylic oxidation sites excluding steroid dienone is 2. The van der Waals surface area contributed by atoms with Crippen LogP contribution in [0.4, 0.5) is 5.69 Å². The number of carboxylic acid groups (broad SMARTS) is 1. The van der Waals surface area contributed by atoms with Crippen LogP contribution in [0.2, 0.25) is 0 Å². The van der Waals surface area contributed by atoms with Gasteiger partial charge in [0.25, 0.3) is 0 Å². The van der Waals surface area contributed by atoms with Gasteiger partial charge >= 0.3 is 5.97 Å². The maximum absolute atomic E-state index is 13.8. The van der Waals surface area contributed by atoms with Crippen molar-refractivity contribution in [2.75, 3.05) is 18.0 Å². The van der Waals surface area contributed by atoms with Crippen molar-refractivity contribution >= 4 is 34.5 Å². The first kappa shape index (κ1) is 23.6. The molecule has 4 rings (SSSR count). The van der Waals surface area contributed by atoms with Crippen molar-refractivity contribution in [2.45, 2.75) is 64.0 Å². The number of thiophene rings is 1. The molecule has 3 aliphatic rings. The summed E-state index contributed by atoms with van der Waals surface area (Å²) in [5, 5.41) is 24.4. The van der Waals surface area contributed by atoms with Crippen LogP contribution in [0.5, 0.6) is 0 Å². The fourth-order valence-electron chi connectivity index (χ4n) is 5.07. The zero-order valence-corrected chi connectivity index (χ0v) is 19.7. The lowest BCUT2D eigenvalue weighted by molar-refractivity contribution is -0.508. The summed E-state index contributed by atoms with van der Waals surface area (Å²) >= 11 is 1.14. The van der Waals surface area contributed by atoms with Crippen LogP contribution < -0.4 is 10.2 Å². The van der Waals surface area contributed by atoms with Crippen LogP contribution in [0.3, 0.4) is 0 Å². The number of hydrogen-bond acceptors (Lipinski definition) is 6. The molecule has 9 heteroatoms. The number of amides is 1. The van der Waals surface area contributed by atoms with Gasteiger partial charge in [0.1, 0.15) is 4.88 Å². The van der Waals surface area contributed by atoms with Crippen LogP contribution in [-0.2, 0) is 4.79 Å². The van der Waals surface area contributed by atoms with Crippen molar-refractivity contribution in [2.24, 2.45) is 11.8 Å². The second-order valence-corrected chi connectivity index (χ2v) is 10.4. The lowest BCUT2D eigenvalue weighted by Gasteiger charge is -2.38. The van der Waals surface area contributed by atoms with E-state index in [2.05, 4.69) is 12.2 Å². The molecule has 1 saturated heterocycles. The lowest BCUT2D eigenvalue weighted by atomic mass is 9.82. The van der Waals surface area contributed by atoms with Gasteiger partial charge in [0.2, 0.25) is 11.9 Å². The molecule has 2 N–H and O–H groups in total. The van der Waals surface area contributed by atoms with E-state index in [4.69, 9.17) is 0 Å². The maximum atomic E-state index is 13.8. The summed E-state index contributed by atoms with van der Waals surface area (Å²) in [7, 11) is 0. The van der Waals surface area contributed by atoms with Crippen LogP contribution >= 0.6 is 11.3 Å². The first-order valence-corrected chi connectivity index (χ1v) is 12.6. The van der Waals surface area contributed by atoms with E-state index >= 15 is 0 Å². The van der Waals surface area contributed by atoms with Crippen molar-refractivity contribution in [3.05, 3.63) is 44.2 Å². The molecule has 178 valence electrons. The molecular formula is C24H31N3O5S. The number of carboxylic acids is 1. The number of rotatable bonds is 6. The summed E-state index contributed by atoms with van der Waals surface area (Å²) in [5.74, 6) is -0.455. The number of anilines is 1. The second kappa shape index (κ2) is 10.2. The SMILES string of the molecule is CC1CCC(C(=O)N(c2cc(C3=CCC([N+](=O)[O-])C=C3)sc2C(=O)O)C2CCNCC2)CC1. The summed E-state index contributed by atoms with van der Waals surface area (Å²) < 4.78 is 0. The lowest BCUT2D eigenvalue weighted by Crippen LogP contribution is -2.49. The number of piperidine rings is 1. The molecule has 0 spiro atoms. The number of hydrogen-bond donors (Lipinski definition) is 2. The molecule has 2 heterocycles. The van der Waals surface area contributed by atoms with E-state index in [0.29, 0.717) is 11.6 Å². The van der Waals surface area contributed by atoms with Crippen molar-refractivity contribution in [3.63, 3.8) is 0 Å². The Balaban J connectivity index is 1.68. The first-order valence-electron chi connectivity index (χ1n) is 11.8. The van der Waals surface area contributed by atoms with E-state index in [0.717, 1.165) is 73.4 Å². The van der Waals surface area contributed by atoms with Gasteiger partial charge in [-0.05, 0) is 75.2 Å². The van der Waals surface area contributed by atoms with Gasteiger partial charge in [0, 0.05) is 28.2 Å². The molecule has 1 amide bonds. The van der Waals surface area contributed by atoms with Gasteiger partial charge in [-0.25, -0.2) is 4.79 Å². The number of nitrogens with zero attached hydrogens (tertiary/aromatic N) is 2. The predicted molar refractivity (Wildman–Crippen MR) is 128 cm³/mol. The zero-order chi connectivity index (χ0) is 23.5. The molecule has 1 atom stereocenters. The normalized spacial score (nSPS) is 26.0. The minimum atomic E-state index is -1.05. The van der Waals surface area contributed by atoms with Gasteiger partial charge in [-0.2, -0.15) is 0 Å². The molecule has 1 aromatic heterocycles. The smallest absolute Gasteiger partial charge is 0.348 e. The molecule has 1 saturated carbocycles. The number of carbonyl (C=O) groups is 2. The summed E-state index contributed by atoms with van der Waals surface area (Å²) in [4.78, 5) is 39.4. The van der Waals surface area contributed by atoms with Crippen molar-refractivity contribution in [3.8, 4) is 0 Å². The van der Waals surface area contributed by atoms with Gasteiger partial charge in [-0.1, -0.05) is 19.1 Å². The minimum absolute atomic E-state index is 0.0339. The average molecular weight is 474 g/mol. The summed E-state index contributed by atoms with van der Waals surface area (Å²) in [6.07, 6.45) is 10.6. The van der Waals surface area contributed by atoms with E-state index in [9.17, 15) is 24.8 Å². The van der Waals surface area contributed by atoms with E-state index in [1.807, 2.05) is 6.07 Å². The fraction of sp³-hybridized carbons (Fsp3) is 0.583. The van der Waals surface area contributed by atoms with E-state index in [1.54, 1.807) is 23.1 Å². The maximum Gasteiger partial charge on any atom is 0.348 e.